The molecule has 6 heteroatoms. The van der Waals surface area contributed by atoms with Gasteiger partial charge in [0.2, 0.25) is 0 Å². The van der Waals surface area contributed by atoms with Crippen molar-refractivity contribution >= 4 is 18.4 Å². The standard InChI is InChI=1S/C15H14O6/c16-8-19-11-5-12(20-14(17)9-1-2-9)7-13(6-11)21-15(18)10-3-4-10/h5-10H,1-4H2. The lowest BCUT2D eigenvalue weighted by Crippen LogP contribution is -2.12. The van der Waals surface area contributed by atoms with Gasteiger partial charge in [0.15, 0.2) is 0 Å². The van der Waals surface area contributed by atoms with Gasteiger partial charge in [-0.05, 0) is 25.7 Å². The molecule has 3 rings (SSSR count). The third-order valence-corrected chi connectivity index (χ3v) is 3.30. The van der Waals surface area contributed by atoms with Crippen LogP contribution < -0.4 is 14.2 Å². The largest absolute Gasteiger partial charge is 0.428 e. The van der Waals surface area contributed by atoms with Gasteiger partial charge in [0, 0.05) is 18.2 Å². The number of rotatable bonds is 6. The van der Waals surface area contributed by atoms with Crippen molar-refractivity contribution in [1.29, 1.82) is 0 Å². The maximum absolute atomic E-state index is 11.7. The third kappa shape index (κ3) is 3.59. The molecule has 2 saturated carbocycles. The number of benzene rings is 1. The van der Waals surface area contributed by atoms with Crippen molar-refractivity contribution in [2.24, 2.45) is 11.8 Å². The van der Waals surface area contributed by atoms with E-state index in [1.807, 2.05) is 0 Å². The minimum atomic E-state index is -0.322. The second-order valence-corrected chi connectivity index (χ2v) is 5.24. The van der Waals surface area contributed by atoms with Gasteiger partial charge < -0.3 is 14.2 Å². The maximum atomic E-state index is 11.7. The molecule has 0 unspecified atom stereocenters. The molecule has 1 aromatic carbocycles. The van der Waals surface area contributed by atoms with Crippen molar-refractivity contribution in [1.82, 2.24) is 0 Å². The summed E-state index contributed by atoms with van der Waals surface area (Å²) in [6, 6.07) is 4.25. The Labute approximate surface area is 121 Å². The highest BCUT2D eigenvalue weighted by atomic mass is 16.6. The summed E-state index contributed by atoms with van der Waals surface area (Å²) in [6.45, 7) is 0.258. The normalized spacial score (nSPS) is 17.0. The first-order valence-corrected chi connectivity index (χ1v) is 6.84. The van der Waals surface area contributed by atoms with E-state index in [0.717, 1.165) is 25.7 Å². The molecule has 0 N–H and O–H groups in total. The predicted molar refractivity (Wildman–Crippen MR) is 69.9 cm³/mol. The van der Waals surface area contributed by atoms with Crippen molar-refractivity contribution in [3.05, 3.63) is 18.2 Å². The fourth-order valence-electron chi connectivity index (χ4n) is 1.82. The number of hydrogen-bond acceptors (Lipinski definition) is 6. The second kappa shape index (κ2) is 5.55. The highest BCUT2D eigenvalue weighted by Gasteiger charge is 2.33. The monoisotopic (exact) mass is 290 g/mol. The summed E-state index contributed by atoms with van der Waals surface area (Å²) in [7, 11) is 0. The third-order valence-electron chi connectivity index (χ3n) is 3.30. The molecule has 0 amide bonds. The first-order valence-electron chi connectivity index (χ1n) is 6.84. The Kier molecular flexibility index (Phi) is 3.60. The van der Waals surface area contributed by atoms with Crippen LogP contribution in [0.15, 0.2) is 18.2 Å². The molecule has 0 spiro atoms. The highest BCUT2D eigenvalue weighted by molar-refractivity contribution is 5.79. The van der Waals surface area contributed by atoms with E-state index < -0.39 is 0 Å². The van der Waals surface area contributed by atoms with E-state index in [1.165, 1.54) is 18.2 Å². The second-order valence-electron chi connectivity index (χ2n) is 5.24. The maximum Gasteiger partial charge on any atom is 0.314 e. The van der Waals surface area contributed by atoms with E-state index in [-0.39, 0.29) is 47.5 Å². The summed E-state index contributed by atoms with van der Waals surface area (Å²) < 4.78 is 15.1. The Hall–Kier alpha value is -2.37. The lowest BCUT2D eigenvalue weighted by atomic mass is 10.3. The Morgan fingerprint density at radius 2 is 1.29 bits per heavy atom. The van der Waals surface area contributed by atoms with E-state index in [4.69, 9.17) is 14.2 Å². The van der Waals surface area contributed by atoms with Crippen molar-refractivity contribution in [3.8, 4) is 17.2 Å². The average Bonchev–Trinajstić information content (AvgIpc) is 3.29. The Morgan fingerprint density at radius 1 is 0.857 bits per heavy atom. The molecule has 2 fully saturated rings. The number of carbonyl (C=O) groups is 3. The van der Waals surface area contributed by atoms with E-state index in [1.54, 1.807) is 0 Å². The quantitative estimate of drug-likeness (QED) is 0.452. The molecule has 0 bridgehead atoms. The first kappa shape index (κ1) is 13.6. The van der Waals surface area contributed by atoms with E-state index in [0.29, 0.717) is 0 Å². The van der Waals surface area contributed by atoms with Crippen LogP contribution in [0.4, 0.5) is 0 Å². The van der Waals surface area contributed by atoms with Crippen LogP contribution in [-0.2, 0) is 14.4 Å². The van der Waals surface area contributed by atoms with Crippen molar-refractivity contribution in [2.45, 2.75) is 25.7 Å². The summed E-state index contributed by atoms with van der Waals surface area (Å²) in [6.07, 6.45) is 3.31. The molecular formula is C15H14O6. The zero-order valence-electron chi connectivity index (χ0n) is 11.2. The predicted octanol–water partition coefficient (Wildman–Crippen LogP) is 1.85. The molecule has 0 heterocycles. The number of hydrogen-bond donors (Lipinski definition) is 0. The van der Waals surface area contributed by atoms with Crippen LogP contribution in [0, 0.1) is 11.8 Å². The van der Waals surface area contributed by atoms with Gasteiger partial charge in [-0.2, -0.15) is 0 Å². The van der Waals surface area contributed by atoms with Crippen molar-refractivity contribution in [2.75, 3.05) is 0 Å². The van der Waals surface area contributed by atoms with Crippen molar-refractivity contribution < 1.29 is 28.6 Å². The van der Waals surface area contributed by atoms with E-state index in [9.17, 15) is 14.4 Å². The van der Waals surface area contributed by atoms with Crippen LogP contribution >= 0.6 is 0 Å². The molecule has 21 heavy (non-hydrogen) atoms. The molecule has 2 aliphatic rings. The van der Waals surface area contributed by atoms with E-state index >= 15 is 0 Å². The fraction of sp³-hybridized carbons (Fsp3) is 0.400. The number of esters is 2. The molecule has 6 nitrogen and oxygen atoms in total. The van der Waals surface area contributed by atoms with Gasteiger partial charge >= 0.3 is 11.9 Å². The van der Waals surface area contributed by atoms with Crippen LogP contribution in [0.1, 0.15) is 25.7 Å². The molecule has 2 aliphatic carbocycles. The lowest BCUT2D eigenvalue weighted by Gasteiger charge is -2.09. The number of ether oxygens (including phenoxy) is 3. The number of carbonyl (C=O) groups excluding carboxylic acids is 3. The molecule has 0 atom stereocenters. The van der Waals surface area contributed by atoms with Gasteiger partial charge in [-0.25, -0.2) is 0 Å². The summed E-state index contributed by atoms with van der Waals surface area (Å²) in [4.78, 5) is 33.8. The molecule has 1 aromatic rings. The van der Waals surface area contributed by atoms with Crippen LogP contribution in [0.5, 0.6) is 17.2 Å². The van der Waals surface area contributed by atoms with Gasteiger partial charge in [-0.3, -0.25) is 14.4 Å². The minimum Gasteiger partial charge on any atom is -0.428 e. The van der Waals surface area contributed by atoms with Crippen LogP contribution in [0.3, 0.4) is 0 Å². The smallest absolute Gasteiger partial charge is 0.314 e. The minimum absolute atomic E-state index is 0.0573. The molecule has 0 radical (unpaired) electrons. The molecule has 0 saturated heterocycles. The topological polar surface area (TPSA) is 78.9 Å². The SMILES string of the molecule is O=COc1cc(OC(=O)C2CC2)cc(OC(=O)C2CC2)c1. The molecule has 110 valence electrons. The molecule has 0 aliphatic heterocycles. The van der Waals surface area contributed by atoms with Gasteiger partial charge in [0.1, 0.15) is 17.2 Å². The fourth-order valence-corrected chi connectivity index (χ4v) is 1.82. The van der Waals surface area contributed by atoms with Gasteiger partial charge in [-0.1, -0.05) is 0 Å². The highest BCUT2D eigenvalue weighted by Crippen LogP contribution is 2.35. The Morgan fingerprint density at radius 3 is 1.67 bits per heavy atom. The van der Waals surface area contributed by atoms with Gasteiger partial charge in [-0.15, -0.1) is 0 Å². The molecular weight excluding hydrogens is 276 g/mol. The van der Waals surface area contributed by atoms with Crippen LogP contribution in [0.25, 0.3) is 0 Å². The van der Waals surface area contributed by atoms with Gasteiger partial charge in [0.05, 0.1) is 11.8 Å². The summed E-state index contributed by atoms with van der Waals surface area (Å²) in [5, 5.41) is 0. The van der Waals surface area contributed by atoms with E-state index in [2.05, 4.69) is 0 Å². The van der Waals surface area contributed by atoms with Crippen LogP contribution in [0.2, 0.25) is 0 Å². The zero-order valence-corrected chi connectivity index (χ0v) is 11.2. The average molecular weight is 290 g/mol. The Balaban J connectivity index is 1.76. The first-order chi connectivity index (χ1) is 10.2. The van der Waals surface area contributed by atoms with Gasteiger partial charge in [0.25, 0.3) is 6.47 Å². The summed E-state index contributed by atoms with van der Waals surface area (Å²) in [5.74, 6) is -0.203. The lowest BCUT2D eigenvalue weighted by molar-refractivity contribution is -0.136. The summed E-state index contributed by atoms with van der Waals surface area (Å²) >= 11 is 0. The Bertz CT molecular complexity index is 542. The molecule has 0 aromatic heterocycles. The van der Waals surface area contributed by atoms with Crippen LogP contribution in [-0.4, -0.2) is 18.4 Å². The zero-order chi connectivity index (χ0) is 14.8. The van der Waals surface area contributed by atoms with Crippen molar-refractivity contribution in [3.63, 3.8) is 0 Å². The summed E-state index contributed by atoms with van der Waals surface area (Å²) in [5.41, 5.74) is 0.